The molecule has 20 heavy (non-hydrogen) atoms. The van der Waals surface area contributed by atoms with E-state index in [1.807, 2.05) is 6.07 Å². The number of pyridine rings is 1. The van der Waals surface area contributed by atoms with Gasteiger partial charge in [-0.05, 0) is 18.2 Å². The number of hydrogen-bond acceptors (Lipinski definition) is 4. The molecular formula is C14H11F2N3S. The SMILES string of the molecule is N#Cc1ncccc1CNc1ccccc1SC(F)F. The minimum absolute atomic E-state index is 0.332. The highest BCUT2D eigenvalue weighted by molar-refractivity contribution is 7.99. The average molecular weight is 291 g/mol. The van der Waals surface area contributed by atoms with Gasteiger partial charge in [0.1, 0.15) is 11.8 Å². The van der Waals surface area contributed by atoms with Gasteiger partial charge in [0.15, 0.2) is 0 Å². The third-order valence-electron chi connectivity index (χ3n) is 2.57. The molecule has 0 spiro atoms. The molecule has 0 aliphatic carbocycles. The van der Waals surface area contributed by atoms with E-state index in [-0.39, 0.29) is 0 Å². The van der Waals surface area contributed by atoms with Crippen molar-refractivity contribution in [2.75, 3.05) is 5.32 Å². The number of hydrogen-bond donors (Lipinski definition) is 1. The zero-order chi connectivity index (χ0) is 14.4. The number of para-hydroxylation sites is 1. The van der Waals surface area contributed by atoms with E-state index in [4.69, 9.17) is 5.26 Å². The minimum Gasteiger partial charge on any atom is -0.380 e. The van der Waals surface area contributed by atoms with Gasteiger partial charge in [0.05, 0.1) is 0 Å². The van der Waals surface area contributed by atoms with Gasteiger partial charge in [0.2, 0.25) is 0 Å². The number of nitrogens with zero attached hydrogens (tertiary/aromatic N) is 2. The van der Waals surface area contributed by atoms with Gasteiger partial charge in [0.25, 0.3) is 5.76 Å². The molecule has 2 rings (SSSR count). The molecule has 0 bridgehead atoms. The first-order chi connectivity index (χ1) is 9.70. The van der Waals surface area contributed by atoms with Gasteiger partial charge in [-0.25, -0.2) is 4.98 Å². The number of rotatable bonds is 5. The number of alkyl halides is 2. The number of thioether (sulfide) groups is 1. The number of anilines is 1. The van der Waals surface area contributed by atoms with Crippen molar-refractivity contribution in [3.05, 3.63) is 53.9 Å². The molecule has 1 N–H and O–H groups in total. The van der Waals surface area contributed by atoms with Crippen LogP contribution in [0.2, 0.25) is 0 Å². The Morgan fingerprint density at radius 2 is 2.05 bits per heavy atom. The van der Waals surface area contributed by atoms with Crippen LogP contribution in [0.3, 0.4) is 0 Å². The predicted molar refractivity (Wildman–Crippen MR) is 74.6 cm³/mol. The second kappa shape index (κ2) is 6.87. The van der Waals surface area contributed by atoms with Gasteiger partial charge in [0, 0.05) is 28.9 Å². The van der Waals surface area contributed by atoms with Crippen molar-refractivity contribution in [3.8, 4) is 6.07 Å². The smallest absolute Gasteiger partial charge is 0.288 e. The van der Waals surface area contributed by atoms with E-state index in [1.165, 1.54) is 0 Å². The van der Waals surface area contributed by atoms with Crippen LogP contribution in [0.5, 0.6) is 0 Å². The van der Waals surface area contributed by atoms with Crippen molar-refractivity contribution in [1.82, 2.24) is 4.98 Å². The summed E-state index contributed by atoms with van der Waals surface area (Å²) in [5.41, 5.74) is 1.68. The minimum atomic E-state index is -2.47. The number of benzene rings is 1. The van der Waals surface area contributed by atoms with E-state index >= 15 is 0 Å². The molecule has 0 fully saturated rings. The van der Waals surface area contributed by atoms with Crippen LogP contribution >= 0.6 is 11.8 Å². The van der Waals surface area contributed by atoms with Gasteiger partial charge < -0.3 is 5.32 Å². The molecule has 1 heterocycles. The summed E-state index contributed by atoms with van der Waals surface area (Å²) < 4.78 is 24.9. The first kappa shape index (κ1) is 14.3. The quantitative estimate of drug-likeness (QED) is 0.849. The van der Waals surface area contributed by atoms with Crippen molar-refractivity contribution in [3.63, 3.8) is 0 Å². The first-order valence-corrected chi connectivity index (χ1v) is 6.70. The van der Waals surface area contributed by atoms with E-state index in [9.17, 15) is 8.78 Å². The lowest BCUT2D eigenvalue weighted by Gasteiger charge is -2.11. The molecule has 3 nitrogen and oxygen atoms in total. The van der Waals surface area contributed by atoms with E-state index in [1.54, 1.807) is 42.6 Å². The van der Waals surface area contributed by atoms with Crippen LogP contribution in [0.15, 0.2) is 47.5 Å². The Bertz CT molecular complexity index is 626. The Labute approximate surface area is 119 Å². The number of halogens is 2. The summed E-state index contributed by atoms with van der Waals surface area (Å²) in [7, 11) is 0. The highest BCUT2D eigenvalue weighted by Gasteiger charge is 2.10. The van der Waals surface area contributed by atoms with Crippen LogP contribution < -0.4 is 5.32 Å². The van der Waals surface area contributed by atoms with Gasteiger partial charge >= 0.3 is 0 Å². The maximum Gasteiger partial charge on any atom is 0.288 e. The molecule has 0 radical (unpaired) electrons. The molecule has 0 atom stereocenters. The molecule has 2 aromatic rings. The molecule has 1 aromatic heterocycles. The highest BCUT2D eigenvalue weighted by atomic mass is 32.2. The molecule has 0 aliphatic heterocycles. The Morgan fingerprint density at radius 1 is 1.25 bits per heavy atom. The van der Waals surface area contributed by atoms with Crippen molar-refractivity contribution >= 4 is 17.4 Å². The van der Waals surface area contributed by atoms with Crippen molar-refractivity contribution < 1.29 is 8.78 Å². The molecule has 102 valence electrons. The lowest BCUT2D eigenvalue weighted by Crippen LogP contribution is -2.03. The van der Waals surface area contributed by atoms with E-state index in [0.29, 0.717) is 34.6 Å². The second-order valence-corrected chi connectivity index (χ2v) is 4.88. The molecule has 0 aliphatic rings. The zero-order valence-electron chi connectivity index (χ0n) is 10.4. The Hall–Kier alpha value is -2.13. The summed E-state index contributed by atoms with van der Waals surface area (Å²) in [6.07, 6.45) is 1.54. The maximum absolute atomic E-state index is 12.5. The third kappa shape index (κ3) is 3.68. The Kier molecular flexibility index (Phi) is 4.91. The normalized spacial score (nSPS) is 10.3. The van der Waals surface area contributed by atoms with Crippen molar-refractivity contribution in [1.29, 1.82) is 5.26 Å². The van der Waals surface area contributed by atoms with Crippen LogP contribution in [0.4, 0.5) is 14.5 Å². The van der Waals surface area contributed by atoms with Crippen molar-refractivity contribution in [2.24, 2.45) is 0 Å². The standard InChI is InChI=1S/C14H11F2N3S/c15-14(16)20-13-6-2-1-5-11(13)19-9-10-4-3-7-18-12(10)8-17/h1-7,14,19H,9H2. The largest absolute Gasteiger partial charge is 0.380 e. The first-order valence-electron chi connectivity index (χ1n) is 5.82. The van der Waals surface area contributed by atoms with Crippen LogP contribution in [0, 0.1) is 11.3 Å². The number of nitriles is 1. The van der Waals surface area contributed by atoms with Crippen LogP contribution in [-0.4, -0.2) is 10.7 Å². The number of nitrogens with one attached hydrogen (secondary N) is 1. The van der Waals surface area contributed by atoms with E-state index in [0.717, 1.165) is 5.56 Å². The summed E-state index contributed by atoms with van der Waals surface area (Å²) in [6.45, 7) is 0.359. The highest BCUT2D eigenvalue weighted by Crippen LogP contribution is 2.31. The van der Waals surface area contributed by atoms with Gasteiger partial charge in [-0.3, -0.25) is 0 Å². The summed E-state index contributed by atoms with van der Waals surface area (Å²) in [4.78, 5) is 4.43. The molecular weight excluding hydrogens is 280 g/mol. The summed E-state index contributed by atoms with van der Waals surface area (Å²) in [5.74, 6) is -2.47. The van der Waals surface area contributed by atoms with Crippen molar-refractivity contribution in [2.45, 2.75) is 17.2 Å². The van der Waals surface area contributed by atoms with Gasteiger partial charge in [-0.1, -0.05) is 30.0 Å². The van der Waals surface area contributed by atoms with Crippen LogP contribution in [0.1, 0.15) is 11.3 Å². The topological polar surface area (TPSA) is 48.7 Å². The van der Waals surface area contributed by atoms with Gasteiger partial charge in [-0.15, -0.1) is 0 Å². The Morgan fingerprint density at radius 3 is 2.80 bits per heavy atom. The third-order valence-corrected chi connectivity index (χ3v) is 3.36. The number of aromatic nitrogens is 1. The fourth-order valence-corrected chi connectivity index (χ4v) is 2.30. The average Bonchev–Trinajstić information content (AvgIpc) is 2.46. The second-order valence-electron chi connectivity index (χ2n) is 3.85. The molecule has 0 saturated carbocycles. The molecule has 0 saturated heterocycles. The Balaban J connectivity index is 2.13. The monoisotopic (exact) mass is 291 g/mol. The lowest BCUT2D eigenvalue weighted by molar-refractivity contribution is 0.252. The van der Waals surface area contributed by atoms with Crippen LogP contribution in [0.25, 0.3) is 0 Å². The fourth-order valence-electron chi connectivity index (χ4n) is 1.68. The van der Waals surface area contributed by atoms with E-state index < -0.39 is 5.76 Å². The predicted octanol–water partition coefficient (Wildman–Crippen LogP) is 3.88. The van der Waals surface area contributed by atoms with Gasteiger partial charge in [-0.2, -0.15) is 14.0 Å². The molecule has 0 amide bonds. The fraction of sp³-hybridized carbons (Fsp3) is 0.143. The zero-order valence-corrected chi connectivity index (χ0v) is 11.2. The lowest BCUT2D eigenvalue weighted by atomic mass is 10.2. The van der Waals surface area contributed by atoms with E-state index in [2.05, 4.69) is 10.3 Å². The molecule has 6 heteroatoms. The van der Waals surface area contributed by atoms with Crippen LogP contribution in [-0.2, 0) is 6.54 Å². The summed E-state index contributed by atoms with van der Waals surface area (Å²) in [6, 6.07) is 12.4. The molecule has 1 aromatic carbocycles. The summed E-state index contributed by atoms with van der Waals surface area (Å²) in [5, 5.41) is 12.0. The molecule has 0 unspecified atom stereocenters. The maximum atomic E-state index is 12.5. The summed E-state index contributed by atoms with van der Waals surface area (Å²) >= 11 is 0.494.